The number of benzene rings is 3. The van der Waals surface area contributed by atoms with Gasteiger partial charge in [-0.25, -0.2) is 11.3 Å². The second kappa shape index (κ2) is 6.76. The number of hydrogen-bond donors (Lipinski definition) is 0. The summed E-state index contributed by atoms with van der Waals surface area (Å²) in [6.07, 6.45) is 2.12. The summed E-state index contributed by atoms with van der Waals surface area (Å²) in [5.41, 5.74) is 6.78. The summed E-state index contributed by atoms with van der Waals surface area (Å²) in [7, 11) is 0. The van der Waals surface area contributed by atoms with Gasteiger partial charge >= 0.3 is 0 Å². The molecular weight excluding hydrogens is 579 g/mol. The number of rotatable bonds is 1. The smallest absolute Gasteiger partial charge is 0.0541 e. The van der Waals surface area contributed by atoms with Crippen LogP contribution in [0.4, 0.5) is 0 Å². The molecule has 0 bridgehead atoms. The number of nitrogens with zero attached hydrogens (tertiary/aromatic N) is 3. The molecule has 7 aromatic rings. The number of thiophene rings is 1. The van der Waals surface area contributed by atoms with E-state index in [2.05, 4.69) is 88.0 Å². The van der Waals surface area contributed by atoms with Crippen molar-refractivity contribution < 1.29 is 20.1 Å². The monoisotopic (exact) mass is 595 g/mol. The average Bonchev–Trinajstić information content (AvgIpc) is 3.48. The molecule has 0 spiro atoms. The van der Waals surface area contributed by atoms with Crippen LogP contribution < -0.4 is 0 Å². The first kappa shape index (κ1) is 18.8. The van der Waals surface area contributed by atoms with Crippen LogP contribution in [0.3, 0.4) is 0 Å². The first-order valence-electron chi connectivity index (χ1n) is 9.98. The molecule has 0 saturated carbocycles. The van der Waals surface area contributed by atoms with Crippen LogP contribution in [-0.4, -0.2) is 14.0 Å². The van der Waals surface area contributed by atoms with Crippen molar-refractivity contribution in [3.63, 3.8) is 0 Å². The summed E-state index contributed by atoms with van der Waals surface area (Å²) >= 11 is 1.73. The summed E-state index contributed by atoms with van der Waals surface area (Å²) in [4.78, 5) is 4.79. The third-order valence-electron chi connectivity index (χ3n) is 5.98. The molecule has 4 heterocycles. The van der Waals surface area contributed by atoms with Crippen LogP contribution >= 0.6 is 11.3 Å². The molecule has 4 aromatic heterocycles. The summed E-state index contributed by atoms with van der Waals surface area (Å²) in [6, 6.07) is 27.4. The second-order valence-electron chi connectivity index (χ2n) is 7.73. The Labute approximate surface area is 195 Å². The van der Waals surface area contributed by atoms with E-state index in [1.165, 1.54) is 37.4 Å². The number of aryl methyl sites for hydroxylation is 1. The molecule has 3 nitrogen and oxygen atoms in total. The van der Waals surface area contributed by atoms with E-state index in [1.54, 1.807) is 11.3 Å². The predicted molar refractivity (Wildman–Crippen MR) is 126 cm³/mol. The van der Waals surface area contributed by atoms with Crippen LogP contribution in [0.15, 0.2) is 78.3 Å². The van der Waals surface area contributed by atoms with Crippen LogP contribution in [0.5, 0.6) is 0 Å². The molecule has 0 fully saturated rings. The van der Waals surface area contributed by atoms with E-state index in [0.717, 1.165) is 22.4 Å². The van der Waals surface area contributed by atoms with Gasteiger partial charge in [0, 0.05) is 59.6 Å². The zero-order chi connectivity index (χ0) is 19.8. The topological polar surface area (TPSA) is 22.2 Å². The predicted octanol–water partition coefficient (Wildman–Crippen LogP) is 6.91. The average molecular weight is 595 g/mol. The molecule has 5 heteroatoms. The van der Waals surface area contributed by atoms with Gasteiger partial charge in [0.15, 0.2) is 0 Å². The van der Waals surface area contributed by atoms with E-state index in [0.29, 0.717) is 0 Å². The zero-order valence-electron chi connectivity index (χ0n) is 16.6. The molecule has 0 unspecified atom stereocenters. The van der Waals surface area contributed by atoms with Crippen molar-refractivity contribution >= 4 is 59.8 Å². The van der Waals surface area contributed by atoms with Gasteiger partial charge in [-0.05, 0) is 36.6 Å². The van der Waals surface area contributed by atoms with Crippen LogP contribution in [0.25, 0.3) is 54.1 Å². The molecular formula is C26H16IrN3S-. The molecule has 1 radical (unpaired) electrons. The van der Waals surface area contributed by atoms with Gasteiger partial charge in [0.1, 0.15) is 0 Å². The van der Waals surface area contributed by atoms with Crippen LogP contribution in [0.2, 0.25) is 0 Å². The molecule has 0 aliphatic rings. The van der Waals surface area contributed by atoms with Gasteiger partial charge in [0.2, 0.25) is 0 Å². The van der Waals surface area contributed by atoms with Gasteiger partial charge in [-0.3, -0.25) is 4.98 Å². The number of imidazole rings is 1. The van der Waals surface area contributed by atoms with Gasteiger partial charge in [0.05, 0.1) is 11.0 Å². The van der Waals surface area contributed by atoms with E-state index >= 15 is 0 Å². The van der Waals surface area contributed by atoms with E-state index in [-0.39, 0.29) is 20.1 Å². The number of hydrogen-bond acceptors (Lipinski definition) is 2. The van der Waals surface area contributed by atoms with E-state index < -0.39 is 0 Å². The van der Waals surface area contributed by atoms with Crippen molar-refractivity contribution in [3.8, 4) is 5.69 Å². The van der Waals surface area contributed by atoms with Crippen molar-refractivity contribution in [3.05, 3.63) is 90.1 Å². The first-order chi connectivity index (χ1) is 14.8. The molecule has 0 amide bonds. The molecule has 0 atom stereocenters. The fourth-order valence-corrected chi connectivity index (χ4v) is 5.61. The van der Waals surface area contributed by atoms with Gasteiger partial charge in [-0.2, -0.15) is 6.07 Å². The minimum absolute atomic E-state index is 0. The molecule has 3 aromatic carbocycles. The van der Waals surface area contributed by atoms with E-state index in [9.17, 15) is 0 Å². The Morgan fingerprint density at radius 2 is 1.55 bits per heavy atom. The van der Waals surface area contributed by atoms with Crippen LogP contribution in [-0.2, 0) is 20.1 Å². The van der Waals surface area contributed by atoms with Gasteiger partial charge in [-0.1, -0.05) is 52.5 Å². The standard InChI is InChI=1S/C26H16N3S.Ir/c1-16-15-28-24-14-17(10-11-20(24)25-21(12-13-30-25)26(28)27-16)29-22-8-4-2-6-18(22)19-7-3-5-9-23(19)29;/h2-11,13-15H,1H3;/q-1;. The number of fused-ring (bicyclic) bond motifs is 9. The summed E-state index contributed by atoms with van der Waals surface area (Å²) in [5, 5.41) is 6.94. The summed E-state index contributed by atoms with van der Waals surface area (Å²) < 4.78 is 5.83. The summed E-state index contributed by atoms with van der Waals surface area (Å²) in [6.45, 7) is 2.05. The molecule has 0 saturated heterocycles. The van der Waals surface area contributed by atoms with Crippen molar-refractivity contribution in [2.75, 3.05) is 0 Å². The SMILES string of the molecule is Cc1cn2c3cc(-n4c5ccccc5c5ccccc54)ccc3c3sc[c-]c3c2n1.[Ir]. The first-order valence-corrected chi connectivity index (χ1v) is 10.9. The Bertz CT molecular complexity index is 1720. The van der Waals surface area contributed by atoms with E-state index in [1.807, 2.05) is 12.3 Å². The molecule has 7 rings (SSSR count). The maximum Gasteiger partial charge on any atom is 0.0541 e. The quantitative estimate of drug-likeness (QED) is 0.190. The Hall–Kier alpha value is -2.98. The molecule has 31 heavy (non-hydrogen) atoms. The third-order valence-corrected chi connectivity index (χ3v) is 6.88. The van der Waals surface area contributed by atoms with Crippen molar-refractivity contribution in [1.29, 1.82) is 0 Å². The fourth-order valence-electron chi connectivity index (χ4n) is 4.74. The van der Waals surface area contributed by atoms with Crippen molar-refractivity contribution in [1.82, 2.24) is 14.0 Å². The third kappa shape index (κ3) is 2.51. The minimum Gasteiger partial charge on any atom is -0.353 e. The largest absolute Gasteiger partial charge is 0.353 e. The fraction of sp³-hybridized carbons (Fsp3) is 0.0385. The van der Waals surface area contributed by atoms with Crippen LogP contribution in [0.1, 0.15) is 5.69 Å². The number of para-hydroxylation sites is 2. The number of aromatic nitrogens is 3. The Kier molecular flexibility index (Phi) is 4.09. The maximum atomic E-state index is 4.79. The maximum absolute atomic E-state index is 4.79. The van der Waals surface area contributed by atoms with Gasteiger partial charge in [0.25, 0.3) is 0 Å². The van der Waals surface area contributed by atoms with E-state index in [4.69, 9.17) is 4.98 Å². The Morgan fingerprint density at radius 3 is 2.29 bits per heavy atom. The van der Waals surface area contributed by atoms with Crippen LogP contribution in [0, 0.1) is 13.0 Å². The summed E-state index contributed by atoms with van der Waals surface area (Å²) in [5.74, 6) is 0. The normalized spacial score (nSPS) is 11.8. The second-order valence-corrected chi connectivity index (χ2v) is 8.61. The molecule has 0 aliphatic heterocycles. The molecule has 151 valence electrons. The molecule has 0 N–H and O–H groups in total. The van der Waals surface area contributed by atoms with Crippen molar-refractivity contribution in [2.45, 2.75) is 6.92 Å². The Morgan fingerprint density at radius 1 is 0.839 bits per heavy atom. The number of pyridine rings is 1. The van der Waals surface area contributed by atoms with Gasteiger partial charge in [-0.15, -0.1) is 5.39 Å². The molecule has 0 aliphatic carbocycles. The van der Waals surface area contributed by atoms with Crippen molar-refractivity contribution in [2.24, 2.45) is 0 Å². The van der Waals surface area contributed by atoms with Gasteiger partial charge < -0.3 is 8.97 Å². The minimum atomic E-state index is 0. The Balaban J connectivity index is 0.00000185. The zero-order valence-corrected chi connectivity index (χ0v) is 19.8.